The summed E-state index contributed by atoms with van der Waals surface area (Å²) in [4.78, 5) is 0. The smallest absolute Gasteiger partial charge is 0.187 e. The molecule has 0 saturated carbocycles. The van der Waals surface area contributed by atoms with Crippen molar-refractivity contribution in [3.05, 3.63) is 11.6 Å². The van der Waals surface area contributed by atoms with Crippen molar-refractivity contribution < 1.29 is 39.7 Å². The molecule has 0 bridgehead atoms. The topological polar surface area (TPSA) is 129 Å². The molecule has 2 aliphatic heterocycles. The van der Waals surface area contributed by atoms with E-state index in [1.54, 1.807) is 0 Å². The molecule has 2 heterocycles. The molecule has 0 aromatic carbocycles. The van der Waals surface area contributed by atoms with E-state index in [-0.39, 0.29) is 18.3 Å². The van der Waals surface area contributed by atoms with Gasteiger partial charge in [0.15, 0.2) is 6.29 Å². The number of hydrogen-bond donors (Lipinski definition) is 5. The van der Waals surface area contributed by atoms with Crippen molar-refractivity contribution >= 4 is 0 Å². The number of rotatable bonds is 5. The van der Waals surface area contributed by atoms with Gasteiger partial charge in [-0.3, -0.25) is 0 Å². The van der Waals surface area contributed by atoms with E-state index in [1.807, 2.05) is 13.8 Å². The van der Waals surface area contributed by atoms with Gasteiger partial charge >= 0.3 is 0 Å². The van der Waals surface area contributed by atoms with E-state index in [2.05, 4.69) is 13.0 Å². The Labute approximate surface area is 172 Å². The lowest BCUT2D eigenvalue weighted by molar-refractivity contribution is -0.339. The summed E-state index contributed by atoms with van der Waals surface area (Å²) in [5.41, 5.74) is 0.104. The molecule has 0 aromatic rings. The molecule has 8 atom stereocenters. The first-order chi connectivity index (χ1) is 13.6. The maximum absolute atomic E-state index is 10.3. The highest BCUT2D eigenvalue weighted by Crippen LogP contribution is 2.45. The van der Waals surface area contributed by atoms with E-state index in [1.165, 1.54) is 0 Å². The van der Waals surface area contributed by atoms with Crippen LogP contribution in [-0.2, 0) is 14.2 Å². The highest BCUT2D eigenvalue weighted by molar-refractivity contribution is 5.10. The summed E-state index contributed by atoms with van der Waals surface area (Å²) in [5, 5.41) is 48.9. The SMILES string of the molecule is CC1(C)O[C@](C)([C@@H]2CC=C(CO)CC2)CC[C@@H]1O[C@@H]1O[C@H](CO)[C@@H](O)[C@H](O)[C@H]1O. The lowest BCUT2D eigenvalue weighted by Crippen LogP contribution is -2.62. The molecular formula is C21H36O8. The standard InChI is InChI=1S/C21H36O8/c1-20(2)15(28-19-18(26)17(25)16(24)14(11-23)27-19)8-9-21(3,29-20)13-6-4-12(10-22)5-7-13/h4,13-19,22-26H,5-11H2,1-3H3/t13-,14-,15+,16-,17+,18-,19+,21+/m1/s1. The lowest BCUT2D eigenvalue weighted by atomic mass is 9.73. The van der Waals surface area contributed by atoms with Crippen molar-refractivity contribution in [3.8, 4) is 0 Å². The van der Waals surface area contributed by atoms with Gasteiger partial charge in [0.25, 0.3) is 0 Å². The van der Waals surface area contributed by atoms with Gasteiger partial charge in [0, 0.05) is 0 Å². The summed E-state index contributed by atoms with van der Waals surface area (Å²) in [5.74, 6) is 0.352. The average Bonchev–Trinajstić information content (AvgIpc) is 2.69. The van der Waals surface area contributed by atoms with Gasteiger partial charge in [0.05, 0.1) is 30.5 Å². The van der Waals surface area contributed by atoms with Crippen molar-refractivity contribution in [2.24, 2.45) is 5.92 Å². The zero-order chi connectivity index (χ0) is 21.4. The molecular weight excluding hydrogens is 380 g/mol. The number of aliphatic hydroxyl groups excluding tert-OH is 5. The van der Waals surface area contributed by atoms with Crippen molar-refractivity contribution in [2.75, 3.05) is 13.2 Å². The Hall–Kier alpha value is -0.580. The second kappa shape index (κ2) is 8.88. The highest BCUT2D eigenvalue weighted by atomic mass is 16.7. The van der Waals surface area contributed by atoms with Gasteiger partial charge in [-0.1, -0.05) is 6.08 Å². The van der Waals surface area contributed by atoms with Crippen molar-refractivity contribution in [1.29, 1.82) is 0 Å². The number of hydrogen-bond acceptors (Lipinski definition) is 8. The van der Waals surface area contributed by atoms with E-state index in [0.717, 1.165) is 31.3 Å². The molecule has 0 radical (unpaired) electrons. The summed E-state index contributed by atoms with van der Waals surface area (Å²) in [6.07, 6.45) is -0.525. The number of aliphatic hydroxyl groups is 5. The van der Waals surface area contributed by atoms with Crippen LogP contribution in [0.15, 0.2) is 11.6 Å². The van der Waals surface area contributed by atoms with Crippen LogP contribution in [-0.4, -0.2) is 86.8 Å². The fourth-order valence-corrected chi connectivity index (χ4v) is 4.93. The number of ether oxygens (including phenoxy) is 3. The molecule has 2 saturated heterocycles. The van der Waals surface area contributed by atoms with E-state index >= 15 is 0 Å². The van der Waals surface area contributed by atoms with E-state index in [9.17, 15) is 25.5 Å². The number of allylic oxidation sites excluding steroid dienone is 1. The summed E-state index contributed by atoms with van der Waals surface area (Å²) in [6, 6.07) is 0. The van der Waals surface area contributed by atoms with Crippen LogP contribution in [0.2, 0.25) is 0 Å². The van der Waals surface area contributed by atoms with Gasteiger partial charge in [0.2, 0.25) is 0 Å². The summed E-state index contributed by atoms with van der Waals surface area (Å²) in [6.45, 7) is 5.64. The summed E-state index contributed by atoms with van der Waals surface area (Å²) in [7, 11) is 0. The van der Waals surface area contributed by atoms with E-state index in [4.69, 9.17) is 14.2 Å². The summed E-state index contributed by atoms with van der Waals surface area (Å²) < 4.78 is 18.0. The van der Waals surface area contributed by atoms with Crippen molar-refractivity contribution in [3.63, 3.8) is 0 Å². The van der Waals surface area contributed by atoms with Gasteiger partial charge in [-0.2, -0.15) is 0 Å². The minimum absolute atomic E-state index is 0.116. The largest absolute Gasteiger partial charge is 0.394 e. The Kier molecular flexibility index (Phi) is 7.07. The fourth-order valence-electron chi connectivity index (χ4n) is 4.93. The maximum Gasteiger partial charge on any atom is 0.187 e. The Balaban J connectivity index is 1.65. The fraction of sp³-hybridized carbons (Fsp3) is 0.905. The van der Waals surface area contributed by atoms with Crippen LogP contribution in [0.4, 0.5) is 0 Å². The van der Waals surface area contributed by atoms with Gasteiger partial charge < -0.3 is 39.7 Å². The second-order valence-electron chi connectivity index (χ2n) is 9.37. The Morgan fingerprint density at radius 1 is 1.07 bits per heavy atom. The Morgan fingerprint density at radius 3 is 2.34 bits per heavy atom. The minimum atomic E-state index is -1.46. The molecule has 168 valence electrons. The monoisotopic (exact) mass is 416 g/mol. The molecule has 1 aliphatic carbocycles. The van der Waals surface area contributed by atoms with Crippen molar-refractivity contribution in [1.82, 2.24) is 0 Å². The van der Waals surface area contributed by atoms with Crippen LogP contribution in [0.1, 0.15) is 52.9 Å². The minimum Gasteiger partial charge on any atom is -0.394 e. The molecule has 0 amide bonds. The first-order valence-electron chi connectivity index (χ1n) is 10.6. The molecule has 3 aliphatic rings. The second-order valence-corrected chi connectivity index (χ2v) is 9.37. The Morgan fingerprint density at radius 2 is 1.79 bits per heavy atom. The molecule has 29 heavy (non-hydrogen) atoms. The van der Waals surface area contributed by atoms with Gasteiger partial charge in [0.1, 0.15) is 24.4 Å². The maximum atomic E-state index is 10.3. The van der Waals surface area contributed by atoms with Crippen LogP contribution in [0.25, 0.3) is 0 Å². The molecule has 8 nitrogen and oxygen atoms in total. The zero-order valence-electron chi connectivity index (χ0n) is 17.5. The van der Waals surface area contributed by atoms with Crippen LogP contribution < -0.4 is 0 Å². The average molecular weight is 417 g/mol. The molecule has 5 N–H and O–H groups in total. The summed E-state index contributed by atoms with van der Waals surface area (Å²) >= 11 is 0. The van der Waals surface area contributed by atoms with Crippen LogP contribution in [0.3, 0.4) is 0 Å². The van der Waals surface area contributed by atoms with Crippen LogP contribution in [0, 0.1) is 5.92 Å². The van der Waals surface area contributed by atoms with E-state index in [0.29, 0.717) is 12.3 Å². The van der Waals surface area contributed by atoms with E-state index < -0.39 is 42.9 Å². The highest BCUT2D eigenvalue weighted by Gasteiger charge is 2.51. The first-order valence-corrected chi connectivity index (χ1v) is 10.6. The molecule has 8 heteroatoms. The molecule has 0 aromatic heterocycles. The third kappa shape index (κ3) is 4.70. The normalized spacial score (nSPS) is 45.7. The molecule has 2 fully saturated rings. The zero-order valence-corrected chi connectivity index (χ0v) is 17.5. The van der Waals surface area contributed by atoms with Crippen molar-refractivity contribution in [2.45, 2.75) is 101 Å². The molecule has 0 unspecified atom stereocenters. The predicted octanol–water partition coefficient (Wildman–Crippen LogP) is 0.238. The van der Waals surface area contributed by atoms with Gasteiger partial charge in [-0.25, -0.2) is 0 Å². The van der Waals surface area contributed by atoms with Crippen LogP contribution in [0.5, 0.6) is 0 Å². The van der Waals surface area contributed by atoms with Crippen LogP contribution >= 0.6 is 0 Å². The Bertz CT molecular complexity index is 591. The third-order valence-corrected chi connectivity index (χ3v) is 6.89. The molecule has 3 rings (SSSR count). The van der Waals surface area contributed by atoms with Gasteiger partial charge in [-0.15, -0.1) is 0 Å². The predicted molar refractivity (Wildman–Crippen MR) is 104 cm³/mol. The quantitative estimate of drug-likeness (QED) is 0.403. The molecule has 0 spiro atoms. The lowest BCUT2D eigenvalue weighted by Gasteiger charge is -2.52. The first kappa shape index (κ1) is 23.1. The third-order valence-electron chi connectivity index (χ3n) is 6.89. The van der Waals surface area contributed by atoms with Gasteiger partial charge in [-0.05, 0) is 64.4 Å².